The number of fused-ring (bicyclic) bond motifs is 1. The summed E-state index contributed by atoms with van der Waals surface area (Å²) in [4.78, 5) is 23.0. The summed E-state index contributed by atoms with van der Waals surface area (Å²) < 4.78 is 6.60. The smallest absolute Gasteiger partial charge is 0.420 e. The molecule has 0 unspecified atom stereocenters. The molecule has 2 N–H and O–H groups in total. The second-order valence-corrected chi connectivity index (χ2v) is 4.92. The number of aromatic nitrogens is 1. The molecule has 6 nitrogen and oxygen atoms in total. The lowest BCUT2D eigenvalue weighted by Gasteiger charge is -2.04. The first-order chi connectivity index (χ1) is 10.6. The van der Waals surface area contributed by atoms with E-state index < -0.39 is 11.7 Å². The van der Waals surface area contributed by atoms with Crippen molar-refractivity contribution in [2.75, 3.05) is 0 Å². The molecular formula is C16H13NO5. The highest BCUT2D eigenvalue weighted by molar-refractivity contribution is 5.87. The molecule has 22 heavy (non-hydrogen) atoms. The Kier molecular flexibility index (Phi) is 3.52. The number of carbonyl (C=O) groups is 1. The Morgan fingerprint density at radius 1 is 1.14 bits per heavy atom. The normalized spacial score (nSPS) is 11.0. The molecule has 0 atom stereocenters. The zero-order chi connectivity index (χ0) is 15.7. The van der Waals surface area contributed by atoms with Crippen LogP contribution in [0.25, 0.3) is 11.1 Å². The largest absolute Gasteiger partial charge is 0.478 e. The summed E-state index contributed by atoms with van der Waals surface area (Å²) in [6, 6.07) is 11.4. The fraction of sp³-hybridized carbons (Fsp3) is 0.125. The van der Waals surface area contributed by atoms with Gasteiger partial charge in [0, 0.05) is 0 Å². The molecule has 0 bridgehead atoms. The number of aliphatic hydroxyl groups excluding tert-OH is 1. The third-order valence-electron chi connectivity index (χ3n) is 3.43. The van der Waals surface area contributed by atoms with E-state index in [2.05, 4.69) is 0 Å². The lowest BCUT2D eigenvalue weighted by molar-refractivity contribution is 0.0696. The molecule has 0 aliphatic rings. The minimum absolute atomic E-state index is 0.133. The highest BCUT2D eigenvalue weighted by atomic mass is 16.4. The van der Waals surface area contributed by atoms with Crippen LogP contribution >= 0.6 is 0 Å². The maximum Gasteiger partial charge on any atom is 0.420 e. The number of hydrogen-bond donors (Lipinski definition) is 2. The fourth-order valence-electron chi connectivity index (χ4n) is 2.34. The third kappa shape index (κ3) is 2.51. The number of aliphatic hydroxyl groups is 1. The lowest BCUT2D eigenvalue weighted by atomic mass is 10.1. The van der Waals surface area contributed by atoms with Gasteiger partial charge in [-0.3, -0.25) is 4.57 Å². The average molecular weight is 299 g/mol. The first-order valence-electron chi connectivity index (χ1n) is 6.64. The Balaban J connectivity index is 2.04. The second kappa shape index (κ2) is 5.50. The highest BCUT2D eigenvalue weighted by Gasteiger charge is 2.11. The molecule has 0 spiro atoms. The number of nitrogens with zero attached hydrogens (tertiary/aromatic N) is 1. The van der Waals surface area contributed by atoms with Gasteiger partial charge in [0.05, 0.1) is 24.2 Å². The van der Waals surface area contributed by atoms with Gasteiger partial charge in [-0.05, 0) is 35.4 Å². The van der Waals surface area contributed by atoms with E-state index >= 15 is 0 Å². The van der Waals surface area contributed by atoms with E-state index in [9.17, 15) is 9.59 Å². The van der Waals surface area contributed by atoms with Gasteiger partial charge in [0.1, 0.15) is 0 Å². The van der Waals surface area contributed by atoms with Crippen molar-refractivity contribution in [3.63, 3.8) is 0 Å². The van der Waals surface area contributed by atoms with Gasteiger partial charge in [0.25, 0.3) is 0 Å². The van der Waals surface area contributed by atoms with Crippen molar-refractivity contribution >= 4 is 17.1 Å². The van der Waals surface area contributed by atoms with Crippen molar-refractivity contribution in [3.05, 3.63) is 69.7 Å². The third-order valence-corrected chi connectivity index (χ3v) is 3.43. The predicted octanol–water partition coefficient (Wildman–Crippen LogP) is 1.83. The molecule has 1 heterocycles. The number of hydrogen-bond acceptors (Lipinski definition) is 4. The van der Waals surface area contributed by atoms with Crippen molar-refractivity contribution in [2.24, 2.45) is 0 Å². The van der Waals surface area contributed by atoms with Gasteiger partial charge in [-0.1, -0.05) is 18.2 Å². The van der Waals surface area contributed by atoms with E-state index in [-0.39, 0.29) is 18.7 Å². The van der Waals surface area contributed by atoms with E-state index in [1.807, 2.05) is 0 Å². The zero-order valence-corrected chi connectivity index (χ0v) is 11.5. The number of rotatable bonds is 4. The molecule has 0 aliphatic carbocycles. The van der Waals surface area contributed by atoms with Crippen LogP contribution < -0.4 is 5.76 Å². The number of benzene rings is 2. The first kappa shape index (κ1) is 14.1. The topological polar surface area (TPSA) is 92.7 Å². The summed E-state index contributed by atoms with van der Waals surface area (Å²) in [5.74, 6) is -1.54. The quantitative estimate of drug-likeness (QED) is 0.766. The zero-order valence-electron chi connectivity index (χ0n) is 11.5. The van der Waals surface area contributed by atoms with E-state index in [1.54, 1.807) is 30.3 Å². The van der Waals surface area contributed by atoms with Crippen molar-refractivity contribution < 1.29 is 19.4 Å². The van der Waals surface area contributed by atoms with E-state index in [0.29, 0.717) is 22.2 Å². The molecule has 0 fully saturated rings. The second-order valence-electron chi connectivity index (χ2n) is 4.92. The molecule has 6 heteroatoms. The van der Waals surface area contributed by atoms with Crippen LogP contribution in [0.2, 0.25) is 0 Å². The van der Waals surface area contributed by atoms with Crippen LogP contribution in [0.5, 0.6) is 0 Å². The minimum Gasteiger partial charge on any atom is -0.478 e. The predicted molar refractivity (Wildman–Crippen MR) is 78.9 cm³/mol. The molecule has 112 valence electrons. The van der Waals surface area contributed by atoms with Crippen molar-refractivity contribution in [3.8, 4) is 0 Å². The average Bonchev–Trinajstić information content (AvgIpc) is 2.82. The van der Waals surface area contributed by atoms with Crippen LogP contribution in [0.3, 0.4) is 0 Å². The molecule has 3 aromatic rings. The minimum atomic E-state index is -1.01. The van der Waals surface area contributed by atoms with E-state index in [0.717, 1.165) is 0 Å². The van der Waals surface area contributed by atoms with Gasteiger partial charge >= 0.3 is 11.7 Å². The molecule has 0 saturated heterocycles. The van der Waals surface area contributed by atoms with Gasteiger partial charge in [-0.25, -0.2) is 9.59 Å². The first-order valence-corrected chi connectivity index (χ1v) is 6.64. The molecule has 0 amide bonds. The van der Waals surface area contributed by atoms with Crippen LogP contribution in [0.4, 0.5) is 0 Å². The molecule has 0 aliphatic heterocycles. The Hall–Kier alpha value is -2.86. The van der Waals surface area contributed by atoms with Crippen molar-refractivity contribution in [1.82, 2.24) is 4.57 Å². The van der Waals surface area contributed by atoms with Crippen LogP contribution in [0, 0.1) is 0 Å². The van der Waals surface area contributed by atoms with Gasteiger partial charge in [-0.2, -0.15) is 0 Å². The summed E-state index contributed by atoms with van der Waals surface area (Å²) in [6.07, 6.45) is 0. The number of oxazole rings is 1. The molecule has 3 rings (SSSR count). The summed E-state index contributed by atoms with van der Waals surface area (Å²) in [6.45, 7) is 0.0803. The number of aromatic carboxylic acids is 1. The SMILES string of the molecule is O=C(O)c1cccc(Cn2c(=O)oc3cc(CO)ccc32)c1. The molecular weight excluding hydrogens is 286 g/mol. The van der Waals surface area contributed by atoms with Crippen molar-refractivity contribution in [2.45, 2.75) is 13.2 Å². The van der Waals surface area contributed by atoms with E-state index in [1.165, 1.54) is 16.7 Å². The van der Waals surface area contributed by atoms with E-state index in [4.69, 9.17) is 14.6 Å². The Morgan fingerprint density at radius 3 is 2.68 bits per heavy atom. The van der Waals surface area contributed by atoms with Gasteiger partial charge in [0.15, 0.2) is 5.58 Å². The van der Waals surface area contributed by atoms with Crippen molar-refractivity contribution in [1.29, 1.82) is 0 Å². The highest BCUT2D eigenvalue weighted by Crippen LogP contribution is 2.17. The molecule has 0 saturated carbocycles. The summed E-state index contributed by atoms with van der Waals surface area (Å²) in [5, 5.41) is 18.1. The lowest BCUT2D eigenvalue weighted by Crippen LogP contribution is -2.15. The summed E-state index contributed by atoms with van der Waals surface area (Å²) in [7, 11) is 0. The maximum absolute atomic E-state index is 12.0. The maximum atomic E-state index is 12.0. The van der Waals surface area contributed by atoms with Crippen LogP contribution in [0.15, 0.2) is 51.7 Å². The Bertz CT molecular complexity index is 906. The van der Waals surface area contributed by atoms with Gasteiger partial charge in [-0.15, -0.1) is 0 Å². The Labute approximate surface area is 124 Å². The summed E-state index contributed by atoms with van der Waals surface area (Å²) in [5.41, 5.74) is 2.51. The number of carboxylic acids is 1. The monoisotopic (exact) mass is 299 g/mol. The van der Waals surface area contributed by atoms with Crippen LogP contribution in [-0.4, -0.2) is 20.7 Å². The molecule has 2 aromatic carbocycles. The van der Waals surface area contributed by atoms with Gasteiger partial charge in [0.2, 0.25) is 0 Å². The fourth-order valence-corrected chi connectivity index (χ4v) is 2.34. The standard InChI is InChI=1S/C16H13NO5/c18-9-11-4-5-13-14(7-11)22-16(21)17(13)8-10-2-1-3-12(6-10)15(19)20/h1-7,18H,8-9H2,(H,19,20). The van der Waals surface area contributed by atoms with Crippen LogP contribution in [-0.2, 0) is 13.2 Å². The molecule has 1 aromatic heterocycles. The van der Waals surface area contributed by atoms with Crippen LogP contribution in [0.1, 0.15) is 21.5 Å². The molecule has 0 radical (unpaired) electrons. The number of carboxylic acid groups (broad SMARTS) is 1. The Morgan fingerprint density at radius 2 is 1.95 bits per heavy atom. The summed E-state index contributed by atoms with van der Waals surface area (Å²) >= 11 is 0. The van der Waals surface area contributed by atoms with Gasteiger partial charge < -0.3 is 14.6 Å².